The minimum absolute atomic E-state index is 0.302. The quantitative estimate of drug-likeness (QED) is 0.805. The van der Waals surface area contributed by atoms with Gasteiger partial charge >= 0.3 is 0 Å². The zero-order valence-corrected chi connectivity index (χ0v) is 14.7. The number of benzene rings is 2. The van der Waals surface area contributed by atoms with Crippen LogP contribution in [0.1, 0.15) is 32.1 Å². The van der Waals surface area contributed by atoms with Crippen molar-refractivity contribution in [2.45, 2.75) is 37.0 Å². The number of allylic oxidation sites excluding steroid dienone is 1. The third kappa shape index (κ3) is 3.62. The summed E-state index contributed by atoms with van der Waals surface area (Å²) in [5, 5.41) is 1.49. The van der Waals surface area contributed by atoms with Crippen LogP contribution in [0.4, 0.5) is 0 Å². The summed E-state index contributed by atoms with van der Waals surface area (Å²) in [6.45, 7) is 0.439. The summed E-state index contributed by atoms with van der Waals surface area (Å²) in [5.41, 5.74) is 1.36. The molecule has 0 saturated carbocycles. The highest BCUT2D eigenvalue weighted by atomic mass is 32.2. The molecule has 0 aromatic heterocycles. The molecule has 0 fully saturated rings. The molecule has 24 heavy (non-hydrogen) atoms. The SMILES string of the molecule is COc1ccc(S(=O)(=O)NCCC2=CCCCC2)c2ccccc12. The van der Waals surface area contributed by atoms with E-state index in [2.05, 4.69) is 10.8 Å². The van der Waals surface area contributed by atoms with Gasteiger partial charge in [-0.25, -0.2) is 13.1 Å². The van der Waals surface area contributed by atoms with E-state index in [1.54, 1.807) is 19.2 Å². The average molecular weight is 345 g/mol. The van der Waals surface area contributed by atoms with Crippen LogP contribution in [0.2, 0.25) is 0 Å². The maximum Gasteiger partial charge on any atom is 0.241 e. The normalized spacial score (nSPS) is 15.3. The largest absolute Gasteiger partial charge is 0.496 e. The summed E-state index contributed by atoms with van der Waals surface area (Å²) in [6.07, 6.45) is 7.70. The van der Waals surface area contributed by atoms with Gasteiger partial charge in [0.2, 0.25) is 10.0 Å². The Morgan fingerprint density at radius 1 is 1.08 bits per heavy atom. The average Bonchev–Trinajstić information content (AvgIpc) is 2.61. The summed E-state index contributed by atoms with van der Waals surface area (Å²) in [5.74, 6) is 0.678. The molecular weight excluding hydrogens is 322 g/mol. The number of hydrogen-bond acceptors (Lipinski definition) is 3. The summed E-state index contributed by atoms with van der Waals surface area (Å²) in [4.78, 5) is 0.302. The molecule has 0 aliphatic heterocycles. The molecule has 0 heterocycles. The first-order valence-electron chi connectivity index (χ1n) is 8.35. The third-order valence-corrected chi connectivity index (χ3v) is 6.00. The molecule has 3 rings (SSSR count). The van der Waals surface area contributed by atoms with Gasteiger partial charge in [0.25, 0.3) is 0 Å². The Kier molecular flexibility index (Phi) is 5.21. The molecule has 0 spiro atoms. The third-order valence-electron chi connectivity index (χ3n) is 4.48. The van der Waals surface area contributed by atoms with Gasteiger partial charge in [0.1, 0.15) is 5.75 Å². The topological polar surface area (TPSA) is 55.4 Å². The Morgan fingerprint density at radius 3 is 2.58 bits per heavy atom. The number of nitrogens with one attached hydrogen (secondary N) is 1. The fourth-order valence-electron chi connectivity index (χ4n) is 3.21. The van der Waals surface area contributed by atoms with E-state index in [0.29, 0.717) is 22.6 Å². The zero-order chi connectivity index (χ0) is 17.0. The Morgan fingerprint density at radius 2 is 1.88 bits per heavy atom. The van der Waals surface area contributed by atoms with Crippen molar-refractivity contribution in [1.29, 1.82) is 0 Å². The first kappa shape index (κ1) is 17.0. The van der Waals surface area contributed by atoms with Gasteiger partial charge in [0, 0.05) is 17.3 Å². The maximum absolute atomic E-state index is 12.7. The zero-order valence-electron chi connectivity index (χ0n) is 13.9. The van der Waals surface area contributed by atoms with Crippen molar-refractivity contribution < 1.29 is 13.2 Å². The van der Waals surface area contributed by atoms with Crippen molar-refractivity contribution in [3.63, 3.8) is 0 Å². The van der Waals surface area contributed by atoms with Crippen LogP contribution in [0.5, 0.6) is 5.75 Å². The van der Waals surface area contributed by atoms with Crippen molar-refractivity contribution >= 4 is 20.8 Å². The minimum Gasteiger partial charge on any atom is -0.496 e. The first-order chi connectivity index (χ1) is 11.6. The molecule has 0 radical (unpaired) electrons. The van der Waals surface area contributed by atoms with Crippen molar-refractivity contribution in [2.75, 3.05) is 13.7 Å². The lowest BCUT2D eigenvalue weighted by Crippen LogP contribution is -2.25. The Labute approximate surface area is 143 Å². The second-order valence-electron chi connectivity index (χ2n) is 6.07. The molecule has 0 unspecified atom stereocenters. The molecule has 5 heteroatoms. The van der Waals surface area contributed by atoms with Crippen LogP contribution in [-0.4, -0.2) is 22.1 Å². The number of methoxy groups -OCH3 is 1. The van der Waals surface area contributed by atoms with Crippen molar-refractivity contribution in [3.8, 4) is 5.75 Å². The van der Waals surface area contributed by atoms with E-state index in [1.165, 1.54) is 18.4 Å². The Balaban J connectivity index is 1.82. The van der Waals surface area contributed by atoms with Crippen LogP contribution in [0.15, 0.2) is 52.9 Å². The van der Waals surface area contributed by atoms with Gasteiger partial charge in [-0.05, 0) is 44.2 Å². The van der Waals surface area contributed by atoms with Gasteiger partial charge in [-0.15, -0.1) is 0 Å². The maximum atomic E-state index is 12.7. The van der Waals surface area contributed by atoms with Crippen LogP contribution >= 0.6 is 0 Å². The molecule has 0 amide bonds. The van der Waals surface area contributed by atoms with E-state index in [-0.39, 0.29) is 0 Å². The Bertz CT molecular complexity index is 856. The molecule has 4 nitrogen and oxygen atoms in total. The van der Waals surface area contributed by atoms with Gasteiger partial charge in [0.05, 0.1) is 12.0 Å². The summed E-state index contributed by atoms with van der Waals surface area (Å²) in [6, 6.07) is 10.7. The monoisotopic (exact) mass is 345 g/mol. The van der Waals surface area contributed by atoms with E-state index >= 15 is 0 Å². The predicted octanol–water partition coefficient (Wildman–Crippen LogP) is 4.02. The van der Waals surface area contributed by atoms with E-state index in [0.717, 1.165) is 24.6 Å². The molecule has 0 saturated heterocycles. The van der Waals surface area contributed by atoms with Crippen LogP contribution < -0.4 is 9.46 Å². The van der Waals surface area contributed by atoms with Crippen molar-refractivity contribution in [3.05, 3.63) is 48.0 Å². The predicted molar refractivity (Wildman–Crippen MR) is 96.9 cm³/mol. The van der Waals surface area contributed by atoms with Gasteiger partial charge in [0.15, 0.2) is 0 Å². The number of hydrogen-bond donors (Lipinski definition) is 1. The van der Waals surface area contributed by atoms with Crippen molar-refractivity contribution in [2.24, 2.45) is 0 Å². The number of ether oxygens (including phenoxy) is 1. The lowest BCUT2D eigenvalue weighted by molar-refractivity contribution is 0.419. The number of rotatable bonds is 6. The number of fused-ring (bicyclic) bond motifs is 1. The second kappa shape index (κ2) is 7.36. The van der Waals surface area contributed by atoms with E-state index in [9.17, 15) is 8.42 Å². The minimum atomic E-state index is -3.55. The molecule has 128 valence electrons. The first-order valence-corrected chi connectivity index (χ1v) is 9.83. The van der Waals surface area contributed by atoms with E-state index in [1.807, 2.05) is 24.3 Å². The van der Waals surface area contributed by atoms with Crippen LogP contribution in [0.3, 0.4) is 0 Å². The second-order valence-corrected chi connectivity index (χ2v) is 7.80. The standard InChI is InChI=1S/C19H23NO3S/c1-23-18-11-12-19(17-10-6-5-9-16(17)18)24(21,22)20-14-13-15-7-3-2-4-8-15/h5-7,9-12,20H,2-4,8,13-14H2,1H3. The smallest absolute Gasteiger partial charge is 0.241 e. The van der Waals surface area contributed by atoms with Crippen LogP contribution in [-0.2, 0) is 10.0 Å². The summed E-state index contributed by atoms with van der Waals surface area (Å²) in [7, 11) is -1.96. The van der Waals surface area contributed by atoms with Gasteiger partial charge in [-0.1, -0.05) is 35.9 Å². The van der Waals surface area contributed by atoms with Gasteiger partial charge in [-0.3, -0.25) is 0 Å². The molecule has 2 aromatic carbocycles. The van der Waals surface area contributed by atoms with Crippen LogP contribution in [0, 0.1) is 0 Å². The summed E-state index contributed by atoms with van der Waals surface area (Å²) < 4.78 is 33.5. The highest BCUT2D eigenvalue weighted by molar-refractivity contribution is 7.89. The van der Waals surface area contributed by atoms with E-state index in [4.69, 9.17) is 4.74 Å². The fourth-order valence-corrected chi connectivity index (χ4v) is 4.45. The lowest BCUT2D eigenvalue weighted by atomic mass is 9.97. The highest BCUT2D eigenvalue weighted by Gasteiger charge is 2.18. The molecular formula is C19H23NO3S. The molecule has 1 aliphatic carbocycles. The van der Waals surface area contributed by atoms with Gasteiger partial charge in [-0.2, -0.15) is 0 Å². The summed E-state index contributed by atoms with van der Waals surface area (Å²) >= 11 is 0. The van der Waals surface area contributed by atoms with E-state index < -0.39 is 10.0 Å². The molecule has 1 N–H and O–H groups in total. The molecule has 0 bridgehead atoms. The highest BCUT2D eigenvalue weighted by Crippen LogP contribution is 2.30. The molecule has 1 aliphatic rings. The fraction of sp³-hybridized carbons (Fsp3) is 0.368. The Hall–Kier alpha value is -1.85. The molecule has 0 atom stereocenters. The number of sulfonamides is 1. The van der Waals surface area contributed by atoms with Crippen LogP contribution in [0.25, 0.3) is 10.8 Å². The van der Waals surface area contributed by atoms with Gasteiger partial charge < -0.3 is 4.74 Å². The molecule has 2 aromatic rings. The lowest BCUT2D eigenvalue weighted by Gasteiger charge is -2.14. The van der Waals surface area contributed by atoms with Crippen molar-refractivity contribution in [1.82, 2.24) is 4.72 Å².